The van der Waals surface area contributed by atoms with Crippen LogP contribution in [0.1, 0.15) is 41.9 Å². The molecule has 1 atom stereocenters. The molecule has 0 aliphatic carbocycles. The number of carbonyl (C=O) groups is 1. The third kappa shape index (κ3) is 4.73. The summed E-state index contributed by atoms with van der Waals surface area (Å²) in [5, 5.41) is 4.11. The van der Waals surface area contributed by atoms with Gasteiger partial charge in [-0.05, 0) is 49.8 Å². The van der Waals surface area contributed by atoms with Gasteiger partial charge in [0.25, 0.3) is 5.91 Å². The zero-order chi connectivity index (χ0) is 22.7. The maximum absolute atomic E-state index is 12.9. The molecule has 3 aromatic rings. The van der Waals surface area contributed by atoms with Gasteiger partial charge in [-0.1, -0.05) is 5.16 Å². The molecule has 1 unspecified atom stereocenters. The molecule has 2 aliphatic rings. The summed E-state index contributed by atoms with van der Waals surface area (Å²) in [4.78, 5) is 27.6. The normalized spacial score (nSPS) is 20.0. The number of ether oxygens (including phenoxy) is 2. The first-order chi connectivity index (χ1) is 16.1. The summed E-state index contributed by atoms with van der Waals surface area (Å²) in [5.41, 5.74) is 1.24. The molecule has 0 saturated carbocycles. The van der Waals surface area contributed by atoms with Gasteiger partial charge in [0.15, 0.2) is 0 Å². The molecule has 2 fully saturated rings. The smallest absolute Gasteiger partial charge is 0.255 e. The SMILES string of the molecule is COc1ccc(C(=O)N2CCC3(CC2)CC(Cc2nc(-c4cccnc4)no2)CCO3)cn1. The highest BCUT2D eigenvalue weighted by Crippen LogP contribution is 2.39. The van der Waals surface area contributed by atoms with Crippen LogP contribution in [0.25, 0.3) is 11.4 Å². The first-order valence-corrected chi connectivity index (χ1v) is 11.3. The molecule has 3 aromatic heterocycles. The van der Waals surface area contributed by atoms with Gasteiger partial charge in [0.05, 0.1) is 18.3 Å². The van der Waals surface area contributed by atoms with E-state index in [0.29, 0.717) is 48.8 Å². The minimum Gasteiger partial charge on any atom is -0.481 e. The Hall–Kier alpha value is -3.33. The van der Waals surface area contributed by atoms with Crippen LogP contribution >= 0.6 is 0 Å². The van der Waals surface area contributed by atoms with E-state index in [2.05, 4.69) is 20.1 Å². The Morgan fingerprint density at radius 1 is 1.24 bits per heavy atom. The van der Waals surface area contributed by atoms with Crippen molar-refractivity contribution in [1.29, 1.82) is 0 Å². The molecule has 0 aromatic carbocycles. The van der Waals surface area contributed by atoms with Gasteiger partial charge in [-0.15, -0.1) is 0 Å². The Kier molecular flexibility index (Phi) is 6.04. The number of hydrogen-bond acceptors (Lipinski definition) is 8. The quantitative estimate of drug-likeness (QED) is 0.585. The van der Waals surface area contributed by atoms with Gasteiger partial charge in [0.1, 0.15) is 0 Å². The van der Waals surface area contributed by atoms with Crippen LogP contribution in [-0.2, 0) is 11.2 Å². The molecule has 2 saturated heterocycles. The number of aromatic nitrogens is 4. The fourth-order valence-electron chi connectivity index (χ4n) is 4.78. The largest absolute Gasteiger partial charge is 0.481 e. The molecule has 0 bridgehead atoms. The van der Waals surface area contributed by atoms with Crippen LogP contribution < -0.4 is 4.74 Å². The van der Waals surface area contributed by atoms with E-state index in [-0.39, 0.29) is 11.5 Å². The van der Waals surface area contributed by atoms with Crippen molar-refractivity contribution >= 4 is 5.91 Å². The van der Waals surface area contributed by atoms with Gasteiger partial charge in [-0.25, -0.2) is 4.98 Å². The lowest BCUT2D eigenvalue weighted by molar-refractivity contribution is -0.124. The van der Waals surface area contributed by atoms with Gasteiger partial charge >= 0.3 is 0 Å². The van der Waals surface area contributed by atoms with Crippen molar-refractivity contribution in [3.63, 3.8) is 0 Å². The molecule has 9 heteroatoms. The van der Waals surface area contributed by atoms with E-state index < -0.39 is 0 Å². The first kappa shape index (κ1) is 21.5. The monoisotopic (exact) mass is 449 g/mol. The third-order valence-corrected chi connectivity index (χ3v) is 6.60. The molecule has 9 nitrogen and oxygen atoms in total. The van der Waals surface area contributed by atoms with Crippen molar-refractivity contribution in [1.82, 2.24) is 25.0 Å². The maximum Gasteiger partial charge on any atom is 0.255 e. The molecular formula is C24H27N5O4. The summed E-state index contributed by atoms with van der Waals surface area (Å²) in [7, 11) is 1.56. The van der Waals surface area contributed by atoms with Crippen molar-refractivity contribution in [2.75, 3.05) is 26.8 Å². The minimum absolute atomic E-state index is 0.00107. The van der Waals surface area contributed by atoms with E-state index in [4.69, 9.17) is 14.0 Å². The van der Waals surface area contributed by atoms with E-state index in [9.17, 15) is 4.79 Å². The number of methoxy groups -OCH3 is 1. The standard InChI is InChI=1S/C24H27N5O4/c1-31-20-5-4-19(16-26-20)23(30)29-10-7-24(8-11-29)14-17(6-12-32-24)13-21-27-22(28-33-21)18-3-2-9-25-15-18/h2-5,9,15-17H,6-8,10-14H2,1H3. The fourth-order valence-corrected chi connectivity index (χ4v) is 4.78. The van der Waals surface area contributed by atoms with Crippen molar-refractivity contribution in [3.05, 3.63) is 54.3 Å². The Morgan fingerprint density at radius 3 is 2.85 bits per heavy atom. The minimum atomic E-state index is -0.190. The summed E-state index contributed by atoms with van der Waals surface area (Å²) in [6.07, 6.45) is 9.30. The fraction of sp³-hybridized carbons (Fsp3) is 0.458. The van der Waals surface area contributed by atoms with E-state index in [1.165, 1.54) is 0 Å². The third-order valence-electron chi connectivity index (χ3n) is 6.60. The number of hydrogen-bond donors (Lipinski definition) is 0. The van der Waals surface area contributed by atoms with Gasteiger partial charge in [-0.2, -0.15) is 4.98 Å². The molecule has 0 N–H and O–H groups in total. The van der Waals surface area contributed by atoms with Gasteiger partial charge < -0.3 is 18.9 Å². The summed E-state index contributed by atoms with van der Waals surface area (Å²) >= 11 is 0. The van der Waals surface area contributed by atoms with E-state index >= 15 is 0 Å². The zero-order valence-corrected chi connectivity index (χ0v) is 18.6. The lowest BCUT2D eigenvalue weighted by atomic mass is 9.78. The predicted octanol–water partition coefficient (Wildman–Crippen LogP) is 3.18. The van der Waals surface area contributed by atoms with Crippen LogP contribution in [0, 0.1) is 5.92 Å². The van der Waals surface area contributed by atoms with Crippen LogP contribution in [0.5, 0.6) is 5.88 Å². The van der Waals surface area contributed by atoms with E-state index in [0.717, 1.165) is 37.7 Å². The van der Waals surface area contributed by atoms with E-state index in [1.54, 1.807) is 37.8 Å². The van der Waals surface area contributed by atoms with Crippen LogP contribution in [0.2, 0.25) is 0 Å². The molecule has 0 radical (unpaired) electrons. The van der Waals surface area contributed by atoms with Crippen molar-refractivity contribution in [2.45, 2.75) is 37.7 Å². The van der Waals surface area contributed by atoms with Gasteiger partial charge in [0.2, 0.25) is 17.6 Å². The molecule has 2 aliphatic heterocycles. The highest BCUT2D eigenvalue weighted by atomic mass is 16.5. The predicted molar refractivity (Wildman–Crippen MR) is 119 cm³/mol. The second-order valence-corrected chi connectivity index (χ2v) is 8.73. The molecule has 5 heterocycles. The molecule has 33 heavy (non-hydrogen) atoms. The van der Waals surface area contributed by atoms with Crippen LogP contribution in [0.3, 0.4) is 0 Å². The van der Waals surface area contributed by atoms with Crippen LogP contribution in [0.4, 0.5) is 0 Å². The van der Waals surface area contributed by atoms with Crippen molar-refractivity contribution in [2.24, 2.45) is 5.92 Å². The number of amides is 1. The molecule has 1 amide bonds. The highest BCUT2D eigenvalue weighted by Gasteiger charge is 2.41. The average Bonchev–Trinajstić information content (AvgIpc) is 3.33. The van der Waals surface area contributed by atoms with Crippen molar-refractivity contribution in [3.8, 4) is 17.3 Å². The first-order valence-electron chi connectivity index (χ1n) is 11.3. The summed E-state index contributed by atoms with van der Waals surface area (Å²) in [5.74, 6) is 2.13. The van der Waals surface area contributed by atoms with Gasteiger partial charge in [-0.3, -0.25) is 9.78 Å². The second kappa shape index (κ2) is 9.27. The van der Waals surface area contributed by atoms with Crippen molar-refractivity contribution < 1.29 is 18.8 Å². The van der Waals surface area contributed by atoms with E-state index in [1.807, 2.05) is 17.0 Å². The lowest BCUT2D eigenvalue weighted by Crippen LogP contribution is -2.51. The Bertz CT molecular complexity index is 1080. The number of pyridine rings is 2. The number of likely N-dealkylation sites (tertiary alicyclic amines) is 1. The maximum atomic E-state index is 12.9. The van der Waals surface area contributed by atoms with Crippen LogP contribution in [0.15, 0.2) is 47.4 Å². The number of carbonyl (C=O) groups excluding carboxylic acids is 1. The topological polar surface area (TPSA) is 103 Å². The average molecular weight is 450 g/mol. The Labute approximate surface area is 192 Å². The Morgan fingerprint density at radius 2 is 2.12 bits per heavy atom. The number of nitrogens with zero attached hydrogens (tertiary/aromatic N) is 5. The van der Waals surface area contributed by atoms with Gasteiger partial charge in [0, 0.05) is 56.3 Å². The Balaban J connectivity index is 1.18. The number of piperidine rings is 1. The molecule has 172 valence electrons. The summed E-state index contributed by atoms with van der Waals surface area (Å²) in [6, 6.07) is 7.25. The highest BCUT2D eigenvalue weighted by molar-refractivity contribution is 5.94. The number of rotatable bonds is 5. The summed E-state index contributed by atoms with van der Waals surface area (Å²) in [6.45, 7) is 2.05. The molecular weight excluding hydrogens is 422 g/mol. The zero-order valence-electron chi connectivity index (χ0n) is 18.6. The lowest BCUT2D eigenvalue weighted by Gasteiger charge is -2.46. The molecule has 5 rings (SSSR count). The second-order valence-electron chi connectivity index (χ2n) is 8.73. The summed E-state index contributed by atoms with van der Waals surface area (Å²) < 4.78 is 16.9. The molecule has 1 spiro atoms. The van der Waals surface area contributed by atoms with Crippen LogP contribution in [-0.4, -0.2) is 63.3 Å².